The van der Waals surface area contributed by atoms with Gasteiger partial charge in [0.2, 0.25) is 5.91 Å². The number of carbonyl (C=O) groups excluding carboxylic acids is 1. The number of hydrogen-bond acceptors (Lipinski definition) is 4. The highest BCUT2D eigenvalue weighted by Crippen LogP contribution is 2.09. The predicted molar refractivity (Wildman–Crippen MR) is 59.2 cm³/mol. The van der Waals surface area contributed by atoms with Crippen LogP contribution in [-0.2, 0) is 14.4 Å². The molecule has 1 saturated heterocycles. The standard InChI is InChI=1S/C6H12N2O.C4H4O4/c7-6(9)5-1-3-8-4-2-5;5-3(6)1-2-4(7)8/h5,8H,1-4H2,(H2,7,9);1-2H,(H,5,6)(H,7,8). The van der Waals surface area contributed by atoms with Crippen LogP contribution < -0.4 is 11.1 Å². The molecule has 1 rings (SSSR count). The van der Waals surface area contributed by atoms with Crippen molar-refractivity contribution in [3.8, 4) is 0 Å². The van der Waals surface area contributed by atoms with Crippen molar-refractivity contribution in [2.75, 3.05) is 13.1 Å². The van der Waals surface area contributed by atoms with Gasteiger partial charge in [0, 0.05) is 18.1 Å². The fourth-order valence-electron chi connectivity index (χ4n) is 1.25. The lowest BCUT2D eigenvalue weighted by atomic mass is 9.98. The number of aliphatic carboxylic acids is 2. The van der Waals surface area contributed by atoms with Crippen molar-refractivity contribution in [3.05, 3.63) is 12.2 Å². The van der Waals surface area contributed by atoms with Gasteiger partial charge < -0.3 is 21.3 Å². The summed E-state index contributed by atoms with van der Waals surface area (Å²) in [6, 6.07) is 0. The average molecular weight is 244 g/mol. The third-order valence-corrected chi connectivity index (χ3v) is 2.11. The molecule has 1 amide bonds. The Morgan fingerprint density at radius 2 is 1.47 bits per heavy atom. The summed E-state index contributed by atoms with van der Waals surface area (Å²) in [6.45, 7) is 1.88. The van der Waals surface area contributed by atoms with E-state index in [0.717, 1.165) is 25.9 Å². The molecule has 0 aliphatic carbocycles. The first-order chi connectivity index (χ1) is 7.93. The molecule has 0 atom stereocenters. The zero-order valence-corrected chi connectivity index (χ0v) is 9.26. The zero-order valence-electron chi connectivity index (χ0n) is 9.26. The number of carboxylic acid groups (broad SMARTS) is 2. The molecule has 7 nitrogen and oxygen atoms in total. The minimum atomic E-state index is -1.26. The van der Waals surface area contributed by atoms with Crippen molar-refractivity contribution in [1.82, 2.24) is 5.32 Å². The Balaban J connectivity index is 0.000000304. The van der Waals surface area contributed by atoms with Crippen LogP contribution in [-0.4, -0.2) is 41.1 Å². The first kappa shape index (κ1) is 15.1. The third kappa shape index (κ3) is 9.06. The Labute approximate surface area is 98.3 Å². The lowest BCUT2D eigenvalue weighted by Crippen LogP contribution is -2.34. The maximum Gasteiger partial charge on any atom is 0.328 e. The lowest BCUT2D eigenvalue weighted by Gasteiger charge is -2.18. The van der Waals surface area contributed by atoms with Crippen LogP contribution >= 0.6 is 0 Å². The highest BCUT2D eigenvalue weighted by atomic mass is 16.4. The first-order valence-corrected chi connectivity index (χ1v) is 5.07. The number of nitrogens with one attached hydrogen (secondary N) is 1. The molecule has 96 valence electrons. The van der Waals surface area contributed by atoms with Crippen molar-refractivity contribution in [2.45, 2.75) is 12.8 Å². The van der Waals surface area contributed by atoms with Crippen LogP contribution in [0.5, 0.6) is 0 Å². The number of hydrogen-bond donors (Lipinski definition) is 4. The summed E-state index contributed by atoms with van der Waals surface area (Å²) in [5.41, 5.74) is 5.10. The van der Waals surface area contributed by atoms with E-state index in [2.05, 4.69) is 5.32 Å². The first-order valence-electron chi connectivity index (χ1n) is 5.07. The van der Waals surface area contributed by atoms with Crippen LogP contribution in [0.2, 0.25) is 0 Å². The molecule has 0 radical (unpaired) electrons. The number of rotatable bonds is 3. The monoisotopic (exact) mass is 244 g/mol. The summed E-state index contributed by atoms with van der Waals surface area (Å²) >= 11 is 0. The van der Waals surface area contributed by atoms with Gasteiger partial charge in [0.25, 0.3) is 0 Å². The van der Waals surface area contributed by atoms with Crippen molar-refractivity contribution in [3.63, 3.8) is 0 Å². The number of piperidine rings is 1. The predicted octanol–water partition coefficient (Wildman–Crippen LogP) is -0.817. The Morgan fingerprint density at radius 3 is 1.71 bits per heavy atom. The molecule has 1 heterocycles. The number of carbonyl (C=O) groups is 3. The molecular weight excluding hydrogens is 228 g/mol. The minimum absolute atomic E-state index is 0.131. The van der Waals surface area contributed by atoms with Gasteiger partial charge in [0.15, 0.2) is 0 Å². The van der Waals surface area contributed by atoms with Crippen LogP contribution in [0.15, 0.2) is 12.2 Å². The third-order valence-electron chi connectivity index (χ3n) is 2.11. The number of carboxylic acids is 2. The molecule has 0 aromatic heterocycles. The Morgan fingerprint density at radius 1 is 1.06 bits per heavy atom. The summed E-state index contributed by atoms with van der Waals surface area (Å²) in [5.74, 6) is -2.53. The van der Waals surface area contributed by atoms with E-state index in [1.807, 2.05) is 0 Å². The molecule has 0 bridgehead atoms. The molecule has 0 aromatic carbocycles. The van der Waals surface area contributed by atoms with Gasteiger partial charge in [-0.05, 0) is 25.9 Å². The smallest absolute Gasteiger partial charge is 0.328 e. The van der Waals surface area contributed by atoms with E-state index in [1.165, 1.54) is 0 Å². The second-order valence-electron chi connectivity index (χ2n) is 3.44. The van der Waals surface area contributed by atoms with Gasteiger partial charge in [-0.3, -0.25) is 4.79 Å². The van der Waals surface area contributed by atoms with Gasteiger partial charge in [0.1, 0.15) is 0 Å². The second kappa shape index (κ2) is 8.28. The molecule has 0 saturated carbocycles. The van der Waals surface area contributed by atoms with Crippen molar-refractivity contribution in [2.24, 2.45) is 11.7 Å². The number of nitrogens with two attached hydrogens (primary N) is 1. The van der Waals surface area contributed by atoms with Crippen molar-refractivity contribution >= 4 is 17.8 Å². The summed E-state index contributed by atoms with van der Waals surface area (Å²) in [5, 5.41) is 18.8. The summed E-state index contributed by atoms with van der Waals surface area (Å²) in [4.78, 5) is 29.7. The molecule has 0 spiro atoms. The van der Waals surface area contributed by atoms with Gasteiger partial charge in [-0.2, -0.15) is 0 Å². The quantitative estimate of drug-likeness (QED) is 0.480. The molecule has 17 heavy (non-hydrogen) atoms. The van der Waals surface area contributed by atoms with Gasteiger partial charge in [-0.1, -0.05) is 0 Å². The van der Waals surface area contributed by atoms with Crippen LogP contribution in [0.4, 0.5) is 0 Å². The maximum atomic E-state index is 10.5. The fraction of sp³-hybridized carbons (Fsp3) is 0.500. The summed E-state index contributed by atoms with van der Waals surface area (Å²) < 4.78 is 0. The van der Waals surface area contributed by atoms with Gasteiger partial charge >= 0.3 is 11.9 Å². The lowest BCUT2D eigenvalue weighted by molar-refractivity contribution is -0.134. The SMILES string of the molecule is NC(=O)C1CCNCC1.O=C(O)C=CC(=O)O. The molecule has 0 aromatic rings. The highest BCUT2D eigenvalue weighted by Gasteiger charge is 2.17. The molecule has 7 heteroatoms. The minimum Gasteiger partial charge on any atom is -0.478 e. The van der Waals surface area contributed by atoms with Crippen LogP contribution in [0.25, 0.3) is 0 Å². The fourth-order valence-corrected chi connectivity index (χ4v) is 1.25. The largest absolute Gasteiger partial charge is 0.478 e. The van der Waals surface area contributed by atoms with E-state index < -0.39 is 11.9 Å². The van der Waals surface area contributed by atoms with E-state index >= 15 is 0 Å². The van der Waals surface area contributed by atoms with E-state index in [9.17, 15) is 14.4 Å². The average Bonchev–Trinajstić information content (AvgIpc) is 2.28. The normalized spacial score (nSPS) is 16.0. The number of amides is 1. The van der Waals surface area contributed by atoms with Crippen LogP contribution in [0, 0.1) is 5.92 Å². The van der Waals surface area contributed by atoms with Crippen molar-refractivity contribution < 1.29 is 24.6 Å². The van der Waals surface area contributed by atoms with Crippen molar-refractivity contribution in [1.29, 1.82) is 0 Å². The molecule has 5 N–H and O–H groups in total. The second-order valence-corrected chi connectivity index (χ2v) is 3.44. The summed E-state index contributed by atoms with van der Waals surface area (Å²) in [7, 11) is 0. The van der Waals surface area contributed by atoms with Gasteiger partial charge in [0.05, 0.1) is 0 Å². The van der Waals surface area contributed by atoms with Crippen LogP contribution in [0.1, 0.15) is 12.8 Å². The Hall–Kier alpha value is -1.89. The molecule has 1 aliphatic rings. The van der Waals surface area contributed by atoms with Gasteiger partial charge in [-0.15, -0.1) is 0 Å². The summed E-state index contributed by atoms with van der Waals surface area (Å²) in [6.07, 6.45) is 2.94. The number of primary amides is 1. The Bertz CT molecular complexity index is 292. The molecule has 1 fully saturated rings. The van der Waals surface area contributed by atoms with Crippen LogP contribution in [0.3, 0.4) is 0 Å². The molecular formula is C10H16N2O5. The van der Waals surface area contributed by atoms with E-state index in [0.29, 0.717) is 12.2 Å². The zero-order chi connectivity index (χ0) is 13.3. The topological polar surface area (TPSA) is 130 Å². The maximum absolute atomic E-state index is 10.5. The Kier molecular flexibility index (Phi) is 7.36. The van der Waals surface area contributed by atoms with E-state index in [1.54, 1.807) is 0 Å². The molecule has 0 unspecified atom stereocenters. The van der Waals surface area contributed by atoms with E-state index in [-0.39, 0.29) is 11.8 Å². The molecule has 1 aliphatic heterocycles. The highest BCUT2D eigenvalue weighted by molar-refractivity contribution is 5.89. The van der Waals surface area contributed by atoms with Gasteiger partial charge in [-0.25, -0.2) is 9.59 Å². The van der Waals surface area contributed by atoms with E-state index in [4.69, 9.17) is 15.9 Å².